The lowest BCUT2D eigenvalue weighted by atomic mass is 9.72. The van der Waals surface area contributed by atoms with Crippen molar-refractivity contribution in [2.75, 3.05) is 26.2 Å². The molecule has 1 aliphatic carbocycles. The molecule has 1 aliphatic heterocycles. The molecule has 0 N–H and O–H groups in total. The van der Waals surface area contributed by atoms with Gasteiger partial charge in [-0.15, -0.1) is 0 Å². The van der Waals surface area contributed by atoms with Crippen molar-refractivity contribution in [3.63, 3.8) is 0 Å². The van der Waals surface area contributed by atoms with Crippen molar-refractivity contribution < 1.29 is 9.59 Å². The van der Waals surface area contributed by atoms with Crippen LogP contribution in [-0.2, 0) is 10.2 Å². The molecule has 0 unspecified atom stereocenters. The summed E-state index contributed by atoms with van der Waals surface area (Å²) in [6.07, 6.45) is 4.74. The zero-order valence-electron chi connectivity index (χ0n) is 14.9. The van der Waals surface area contributed by atoms with Gasteiger partial charge in [-0.25, -0.2) is 0 Å². The third-order valence-corrected chi connectivity index (χ3v) is 5.78. The van der Waals surface area contributed by atoms with E-state index in [1.54, 1.807) is 0 Å². The van der Waals surface area contributed by atoms with E-state index >= 15 is 0 Å². The Kier molecular flexibility index (Phi) is 5.04. The normalized spacial score (nSPS) is 19.4. The Morgan fingerprint density at radius 3 is 2.42 bits per heavy atom. The van der Waals surface area contributed by atoms with Crippen molar-refractivity contribution in [1.82, 2.24) is 9.80 Å². The fourth-order valence-electron chi connectivity index (χ4n) is 4.36. The summed E-state index contributed by atoms with van der Waals surface area (Å²) < 4.78 is 0. The molecule has 1 heterocycles. The molecule has 0 bridgehead atoms. The zero-order valence-corrected chi connectivity index (χ0v) is 14.9. The van der Waals surface area contributed by atoms with Gasteiger partial charge in [-0.05, 0) is 50.5 Å². The molecule has 3 rings (SSSR count). The molecule has 2 aliphatic rings. The molecule has 0 atom stereocenters. The van der Waals surface area contributed by atoms with Gasteiger partial charge >= 0.3 is 0 Å². The first-order chi connectivity index (χ1) is 11.6. The van der Waals surface area contributed by atoms with Gasteiger partial charge in [0, 0.05) is 12.1 Å². The number of carbonyl (C=O) groups is 2. The molecule has 1 fully saturated rings. The maximum absolute atomic E-state index is 13.2. The standard InChI is InChI=1S/C20H28N2O2/c1-3-21(4-2)14-9-15-22-18(23)16-10-5-6-11-17(16)20(19(22)24)12-7-8-13-20/h5-6,10-11H,3-4,7-9,12-15H2,1-2H3. The molecule has 1 spiro atoms. The summed E-state index contributed by atoms with van der Waals surface area (Å²) in [5, 5.41) is 0. The van der Waals surface area contributed by atoms with E-state index in [0.29, 0.717) is 6.54 Å². The Morgan fingerprint density at radius 2 is 1.75 bits per heavy atom. The largest absolute Gasteiger partial charge is 0.304 e. The van der Waals surface area contributed by atoms with Crippen LogP contribution in [0.4, 0.5) is 0 Å². The van der Waals surface area contributed by atoms with E-state index in [1.165, 1.54) is 4.90 Å². The second-order valence-corrected chi connectivity index (χ2v) is 6.98. The Morgan fingerprint density at radius 1 is 1.08 bits per heavy atom. The SMILES string of the molecule is CCN(CC)CCCN1C(=O)c2ccccc2C2(CCCC2)C1=O. The van der Waals surface area contributed by atoms with Crippen LogP contribution in [0.3, 0.4) is 0 Å². The fourth-order valence-corrected chi connectivity index (χ4v) is 4.36. The molecule has 4 nitrogen and oxygen atoms in total. The van der Waals surface area contributed by atoms with Gasteiger partial charge < -0.3 is 4.90 Å². The predicted octanol–water partition coefficient (Wildman–Crippen LogP) is 3.21. The number of hydrogen-bond donors (Lipinski definition) is 0. The van der Waals surface area contributed by atoms with Crippen LogP contribution < -0.4 is 0 Å². The molecule has 0 saturated heterocycles. The quantitative estimate of drug-likeness (QED) is 0.753. The molecule has 24 heavy (non-hydrogen) atoms. The minimum absolute atomic E-state index is 0.0447. The van der Waals surface area contributed by atoms with Crippen LogP contribution in [-0.4, -0.2) is 47.8 Å². The Bertz CT molecular complexity index is 616. The van der Waals surface area contributed by atoms with Crippen LogP contribution in [0, 0.1) is 0 Å². The summed E-state index contributed by atoms with van der Waals surface area (Å²) in [5.41, 5.74) is 1.26. The van der Waals surface area contributed by atoms with Gasteiger partial charge in [0.15, 0.2) is 0 Å². The predicted molar refractivity (Wildman–Crippen MR) is 95.0 cm³/mol. The molecule has 0 radical (unpaired) electrons. The number of benzene rings is 1. The van der Waals surface area contributed by atoms with Crippen LogP contribution in [0.2, 0.25) is 0 Å². The zero-order chi connectivity index (χ0) is 17.2. The highest BCUT2D eigenvalue weighted by Crippen LogP contribution is 2.46. The minimum Gasteiger partial charge on any atom is -0.304 e. The molecular weight excluding hydrogens is 300 g/mol. The van der Waals surface area contributed by atoms with Gasteiger partial charge in [0.05, 0.1) is 5.41 Å². The number of nitrogens with zero attached hydrogens (tertiary/aromatic N) is 2. The van der Waals surface area contributed by atoms with Crippen molar-refractivity contribution in [3.8, 4) is 0 Å². The third kappa shape index (κ3) is 2.77. The summed E-state index contributed by atoms with van der Waals surface area (Å²) in [6.45, 7) is 7.76. The molecule has 1 saturated carbocycles. The van der Waals surface area contributed by atoms with E-state index < -0.39 is 5.41 Å². The summed E-state index contributed by atoms with van der Waals surface area (Å²) in [5.74, 6) is -0.0593. The van der Waals surface area contributed by atoms with Crippen LogP contribution in [0.5, 0.6) is 0 Å². The summed E-state index contributed by atoms with van der Waals surface area (Å²) in [7, 11) is 0. The van der Waals surface area contributed by atoms with Gasteiger partial charge in [-0.3, -0.25) is 14.5 Å². The Labute approximate surface area is 144 Å². The van der Waals surface area contributed by atoms with Crippen molar-refractivity contribution >= 4 is 11.8 Å². The molecule has 130 valence electrons. The summed E-state index contributed by atoms with van der Waals surface area (Å²) in [6, 6.07) is 7.74. The van der Waals surface area contributed by atoms with Crippen molar-refractivity contribution in [2.24, 2.45) is 0 Å². The lowest BCUT2D eigenvalue weighted by Gasteiger charge is -2.39. The number of amides is 2. The first-order valence-electron chi connectivity index (χ1n) is 9.32. The van der Waals surface area contributed by atoms with Crippen molar-refractivity contribution in [2.45, 2.75) is 51.4 Å². The molecule has 0 aromatic heterocycles. The van der Waals surface area contributed by atoms with Gasteiger partial charge in [0.1, 0.15) is 0 Å². The Balaban J connectivity index is 1.84. The number of fused-ring (bicyclic) bond motifs is 2. The first kappa shape index (κ1) is 17.2. The van der Waals surface area contributed by atoms with E-state index in [4.69, 9.17) is 0 Å². The average molecular weight is 328 g/mol. The number of carbonyl (C=O) groups excluding carboxylic acids is 2. The topological polar surface area (TPSA) is 40.6 Å². The second-order valence-electron chi connectivity index (χ2n) is 6.98. The van der Waals surface area contributed by atoms with E-state index in [1.807, 2.05) is 24.3 Å². The third-order valence-electron chi connectivity index (χ3n) is 5.78. The number of hydrogen-bond acceptors (Lipinski definition) is 3. The van der Waals surface area contributed by atoms with Gasteiger partial charge in [-0.2, -0.15) is 0 Å². The highest BCUT2D eigenvalue weighted by atomic mass is 16.2. The van der Waals surface area contributed by atoms with Gasteiger partial charge in [0.25, 0.3) is 5.91 Å². The fraction of sp³-hybridized carbons (Fsp3) is 0.600. The number of rotatable bonds is 6. The van der Waals surface area contributed by atoms with Gasteiger partial charge in [-0.1, -0.05) is 44.9 Å². The molecule has 2 amide bonds. The lowest BCUT2D eigenvalue weighted by Crippen LogP contribution is -2.53. The van der Waals surface area contributed by atoms with Crippen LogP contribution >= 0.6 is 0 Å². The molecule has 4 heteroatoms. The maximum Gasteiger partial charge on any atom is 0.260 e. The minimum atomic E-state index is -0.445. The van der Waals surface area contributed by atoms with E-state index in [2.05, 4.69) is 18.7 Å². The molecular formula is C20H28N2O2. The second kappa shape index (κ2) is 7.06. The maximum atomic E-state index is 13.2. The highest BCUT2D eigenvalue weighted by Gasteiger charge is 2.51. The molecule has 1 aromatic rings. The van der Waals surface area contributed by atoms with Gasteiger partial charge in [0.2, 0.25) is 5.91 Å². The van der Waals surface area contributed by atoms with E-state index in [-0.39, 0.29) is 11.8 Å². The summed E-state index contributed by atoms with van der Waals surface area (Å²) >= 11 is 0. The smallest absolute Gasteiger partial charge is 0.260 e. The number of imide groups is 1. The van der Waals surface area contributed by atoms with Crippen LogP contribution in [0.15, 0.2) is 24.3 Å². The highest BCUT2D eigenvalue weighted by molar-refractivity contribution is 6.13. The monoisotopic (exact) mass is 328 g/mol. The first-order valence-corrected chi connectivity index (χ1v) is 9.32. The van der Waals surface area contributed by atoms with E-state index in [0.717, 1.165) is 62.9 Å². The van der Waals surface area contributed by atoms with Crippen LogP contribution in [0.25, 0.3) is 0 Å². The van der Waals surface area contributed by atoms with Crippen LogP contribution in [0.1, 0.15) is 61.9 Å². The van der Waals surface area contributed by atoms with E-state index in [9.17, 15) is 9.59 Å². The Hall–Kier alpha value is -1.68. The lowest BCUT2D eigenvalue weighted by molar-refractivity contribution is -0.135. The van der Waals surface area contributed by atoms with Crippen molar-refractivity contribution in [1.29, 1.82) is 0 Å². The summed E-state index contributed by atoms with van der Waals surface area (Å²) in [4.78, 5) is 30.0. The molecule has 1 aromatic carbocycles. The average Bonchev–Trinajstić information content (AvgIpc) is 3.11. The van der Waals surface area contributed by atoms with Crippen molar-refractivity contribution in [3.05, 3.63) is 35.4 Å².